The number of carbonyl (C=O) groups excluding carboxylic acids is 5. The zero-order valence-corrected chi connectivity index (χ0v) is 68.6. The Morgan fingerprint density at radius 1 is 0.441 bits per heavy atom. The van der Waals surface area contributed by atoms with Crippen molar-refractivity contribution in [2.75, 3.05) is 46.4 Å². The maximum absolute atomic E-state index is 11.7. The summed E-state index contributed by atoms with van der Waals surface area (Å²) in [6.45, 7) is 30.7. The standard InChI is InChI=1S/C22H26N2O4.C22H24N2O2.C20H23N3O3.C18H18N2O.C6H13O3P.CH4O.4CH4.H3N/c1-4-28-22(27)21(26)20(25)18-7-5-6-17(23-18)15-8-9-19-16(12-15)10-11-24(19)13-14(2)3;1-4-26-22(25)11-9-19-6-5-7-20(23-19)17-8-10-21-18(14-17)12-13-24(21)15-16(2)3;1-12(2)11-23-9-8-14-10-13(6-7-17(14)23)15-4-3-5-16(22-15)18(24)19(25)20(21)26;1-13(2)11-20-9-8-15-10-14(6-7-18(15)20)17-5-3-4-16(12-21)19-17;1-4-9-6(7)5-10(2,3)8;1-2;;;;;/h5-12,14,20-21,25-26H,4,13H2,1-3H3;5-14,16H,4,15H2,1-3H3;3-10,12,18-19,24-25H,11H2,1-2H3,(H2,21,26);3-10,12-13H,11H2,1-2H3;4-5H2,1-3H3;2H,1H3;4*1H4;1H3/b;11-9+;;;;;;;;;/t20-,21+;;18-,19+;;;;;;;;/m0.0......../s1. The Kier molecular flexibility index (Phi) is 43.5. The Hall–Kier alpha value is -11.1. The number of aliphatic hydroxyl groups is 5. The zero-order chi connectivity index (χ0) is 82.6. The molecule has 0 aliphatic carbocycles. The van der Waals surface area contributed by atoms with E-state index in [-0.39, 0.29) is 72.0 Å². The lowest BCUT2D eigenvalue weighted by Gasteiger charge is -2.16. The van der Waals surface area contributed by atoms with Crippen molar-refractivity contribution < 1.29 is 68.3 Å². The van der Waals surface area contributed by atoms with Crippen molar-refractivity contribution in [2.24, 2.45) is 29.4 Å². The summed E-state index contributed by atoms with van der Waals surface area (Å²) in [7, 11) is -1.23. The van der Waals surface area contributed by atoms with Gasteiger partial charge in [0.05, 0.1) is 73.0 Å². The van der Waals surface area contributed by atoms with Gasteiger partial charge in [-0.2, -0.15) is 0 Å². The minimum atomic E-state index is -2.23. The molecule has 0 saturated heterocycles. The van der Waals surface area contributed by atoms with Crippen LogP contribution in [0.4, 0.5) is 0 Å². The van der Waals surface area contributed by atoms with Gasteiger partial charge in [-0.3, -0.25) is 14.4 Å². The molecular formula is C93H127N10O14P. The van der Waals surface area contributed by atoms with Crippen molar-refractivity contribution in [3.05, 3.63) is 223 Å². The first kappa shape index (κ1) is 103. The number of aliphatic hydroxyl groups excluding tert-OH is 5. The third-order valence-electron chi connectivity index (χ3n) is 17.2. The quantitative estimate of drug-likeness (QED) is 0.00870. The van der Waals surface area contributed by atoms with Crippen LogP contribution in [0.1, 0.15) is 146 Å². The number of primary amides is 1. The van der Waals surface area contributed by atoms with Crippen LogP contribution in [0.2, 0.25) is 0 Å². The van der Waals surface area contributed by atoms with Crippen LogP contribution in [0.3, 0.4) is 0 Å². The van der Waals surface area contributed by atoms with Gasteiger partial charge in [-0.05, 0) is 185 Å². The molecular weight excluding hydrogens is 1510 g/mol. The van der Waals surface area contributed by atoms with Gasteiger partial charge in [-0.25, -0.2) is 29.5 Å². The molecule has 10 N–H and O–H groups in total. The minimum Gasteiger partial charge on any atom is -0.466 e. The van der Waals surface area contributed by atoms with E-state index in [0.29, 0.717) is 54.0 Å². The highest BCUT2D eigenvalue weighted by Crippen LogP contribution is 2.36. The highest BCUT2D eigenvalue weighted by atomic mass is 31.2. The summed E-state index contributed by atoms with van der Waals surface area (Å²) in [6.07, 6.45) is 6.08. The molecule has 8 aromatic heterocycles. The fraction of sp³-hybridized carbons (Fsp3) is 0.366. The smallest absolute Gasteiger partial charge is 0.338 e. The summed E-state index contributed by atoms with van der Waals surface area (Å²) in [5.41, 5.74) is 18.3. The molecule has 0 spiro atoms. The van der Waals surface area contributed by atoms with Crippen molar-refractivity contribution in [3.8, 4) is 45.0 Å². The first-order chi connectivity index (χ1) is 54.0. The number of rotatable bonds is 26. The van der Waals surface area contributed by atoms with Crippen molar-refractivity contribution in [3.63, 3.8) is 0 Å². The number of carbonyl (C=O) groups is 5. The van der Waals surface area contributed by atoms with E-state index in [0.717, 1.165) is 101 Å². The zero-order valence-electron chi connectivity index (χ0n) is 67.7. The summed E-state index contributed by atoms with van der Waals surface area (Å²) >= 11 is 0. The first-order valence-electron chi connectivity index (χ1n) is 37.8. The third kappa shape index (κ3) is 30.1. The minimum absolute atomic E-state index is 0. The largest absolute Gasteiger partial charge is 0.466 e. The first-order valence-corrected chi connectivity index (χ1v) is 40.6. The number of ether oxygens (including phenoxy) is 3. The summed E-state index contributed by atoms with van der Waals surface area (Å²) in [5.74, 6) is -0.236. The number of esters is 3. The molecule has 4 aromatic carbocycles. The van der Waals surface area contributed by atoms with Crippen molar-refractivity contribution in [1.82, 2.24) is 44.4 Å². The summed E-state index contributed by atoms with van der Waals surface area (Å²) in [4.78, 5) is 73.5. The number of fused-ring (bicyclic) bond motifs is 4. The molecule has 12 rings (SSSR count). The summed E-state index contributed by atoms with van der Waals surface area (Å²) < 4.78 is 34.3. The van der Waals surface area contributed by atoms with Crippen LogP contribution in [-0.2, 0) is 64.1 Å². The highest BCUT2D eigenvalue weighted by Gasteiger charge is 2.29. The molecule has 8 heterocycles. The van der Waals surface area contributed by atoms with Gasteiger partial charge in [-0.1, -0.05) is 134 Å². The van der Waals surface area contributed by atoms with E-state index in [1.54, 1.807) is 70.5 Å². The molecule has 0 unspecified atom stereocenters. The van der Waals surface area contributed by atoms with Crippen LogP contribution in [-0.4, -0.2) is 152 Å². The maximum atomic E-state index is 11.7. The number of hydrogen-bond acceptors (Lipinski definition) is 19. The lowest BCUT2D eigenvalue weighted by molar-refractivity contribution is -0.159. The molecule has 0 bridgehead atoms. The van der Waals surface area contributed by atoms with Gasteiger partial charge in [-0.15, -0.1) is 0 Å². The van der Waals surface area contributed by atoms with Gasteiger partial charge in [0.2, 0.25) is 5.91 Å². The topological polar surface area (TPSA) is 364 Å². The number of amides is 1. The average Bonchev–Trinajstić information content (AvgIpc) is 1.66. The number of aldehydes is 1. The molecule has 0 aliphatic rings. The molecule has 0 fully saturated rings. The molecule has 12 aromatic rings. The molecule has 1 amide bonds. The van der Waals surface area contributed by atoms with Gasteiger partial charge in [0.15, 0.2) is 18.5 Å². The molecule has 0 radical (unpaired) electrons. The monoisotopic (exact) mass is 1640 g/mol. The SMILES string of the molecule is C.C.C.C.CC(C)Cn1ccc2cc(-c3cccc(C=O)n3)ccc21.CC(C)Cn1ccc2cc(-c3cccc([C@H](O)[C@@H](O)C(N)=O)n3)ccc21.CCOC(=O)/C=C/c1cccc(-c2ccc3c(ccn3CC(C)C)c2)n1.CCOC(=O)CP(C)(C)=O.CCOC(=O)[C@H](O)[C@@H](O)c1cccc(-c2ccc3c(ccn3CC(C)C)c2)n1.CO.N. The van der Waals surface area contributed by atoms with Crippen LogP contribution < -0.4 is 11.9 Å². The van der Waals surface area contributed by atoms with Gasteiger partial charge in [0.25, 0.3) is 0 Å². The summed E-state index contributed by atoms with van der Waals surface area (Å²) in [6, 6.07) is 54.9. The molecule has 4 atom stereocenters. The molecule has 25 heteroatoms. The lowest BCUT2D eigenvalue weighted by Crippen LogP contribution is -2.34. The van der Waals surface area contributed by atoms with E-state index >= 15 is 0 Å². The van der Waals surface area contributed by atoms with Gasteiger partial charge < -0.3 is 74.5 Å². The molecule has 0 aliphatic heterocycles. The fourth-order valence-electron chi connectivity index (χ4n) is 12.3. The van der Waals surface area contributed by atoms with E-state index in [1.807, 2.05) is 66.7 Å². The summed E-state index contributed by atoms with van der Waals surface area (Å²) in [5, 5.41) is 51.6. The Morgan fingerprint density at radius 3 is 1.07 bits per heavy atom. The Labute approximate surface area is 696 Å². The van der Waals surface area contributed by atoms with E-state index < -0.39 is 43.4 Å². The maximum Gasteiger partial charge on any atom is 0.338 e. The van der Waals surface area contributed by atoms with Crippen molar-refractivity contribution >= 4 is 86.9 Å². The molecule has 24 nitrogen and oxygen atoms in total. The number of hydrogen-bond donors (Lipinski definition) is 7. The van der Waals surface area contributed by atoms with Crippen molar-refractivity contribution in [2.45, 2.75) is 156 Å². The van der Waals surface area contributed by atoms with Crippen LogP contribution in [0.15, 0.2) is 201 Å². The number of pyridine rings is 4. The Bertz CT molecular complexity index is 5210. The van der Waals surface area contributed by atoms with E-state index in [9.17, 15) is 49.0 Å². The molecule has 118 heavy (non-hydrogen) atoms. The van der Waals surface area contributed by atoms with E-state index in [2.05, 4.69) is 196 Å². The Balaban J connectivity index is 0.000000504. The predicted octanol–water partition coefficient (Wildman–Crippen LogP) is 18.2. The number of nitrogens with zero attached hydrogens (tertiary/aromatic N) is 8. The number of nitrogens with two attached hydrogens (primary N) is 1. The van der Waals surface area contributed by atoms with Gasteiger partial charge in [0.1, 0.15) is 17.9 Å². The number of benzene rings is 4. The number of aromatic nitrogens is 8. The van der Waals surface area contributed by atoms with Crippen LogP contribution in [0, 0.1) is 23.7 Å². The van der Waals surface area contributed by atoms with Crippen LogP contribution in [0.25, 0.3) is 94.7 Å². The molecule has 0 saturated carbocycles. The second-order valence-electron chi connectivity index (χ2n) is 29.0. The fourth-order valence-corrected chi connectivity index (χ4v) is 13.0. The van der Waals surface area contributed by atoms with E-state index in [4.69, 9.17) is 20.3 Å². The van der Waals surface area contributed by atoms with Crippen LogP contribution >= 0.6 is 7.14 Å². The average molecular weight is 1640 g/mol. The van der Waals surface area contributed by atoms with Crippen LogP contribution in [0.5, 0.6) is 0 Å². The highest BCUT2D eigenvalue weighted by molar-refractivity contribution is 7.63. The normalized spacial score (nSPS) is 11.8. The van der Waals surface area contributed by atoms with Gasteiger partial charge >= 0.3 is 17.9 Å². The predicted molar refractivity (Wildman–Crippen MR) is 480 cm³/mol. The van der Waals surface area contributed by atoms with E-state index in [1.165, 1.54) is 27.9 Å². The Morgan fingerprint density at radius 2 is 0.754 bits per heavy atom. The lowest BCUT2D eigenvalue weighted by atomic mass is 10.1. The van der Waals surface area contributed by atoms with Crippen molar-refractivity contribution in [1.29, 1.82) is 0 Å². The second-order valence-corrected chi connectivity index (χ2v) is 32.5. The molecule has 638 valence electrons. The second kappa shape index (κ2) is 49.9. The third-order valence-corrected chi connectivity index (χ3v) is 18.3. The van der Waals surface area contributed by atoms with Gasteiger partial charge in [0, 0.05) is 130 Å².